The topological polar surface area (TPSA) is 72.9 Å². The van der Waals surface area contributed by atoms with Crippen molar-refractivity contribution < 1.29 is 4.79 Å². The average molecular weight is 194 g/mol. The average Bonchev–Trinajstić information content (AvgIpc) is 2.62. The molecule has 2 heterocycles. The minimum Gasteiger partial charge on any atom is -0.354 e. The largest absolute Gasteiger partial charge is 0.354 e. The lowest BCUT2D eigenvalue weighted by Crippen LogP contribution is -2.22. The highest BCUT2D eigenvalue weighted by atomic mass is 16.1. The molecule has 0 radical (unpaired) electrons. The van der Waals surface area contributed by atoms with Crippen molar-refractivity contribution in [2.75, 3.05) is 7.05 Å². The summed E-state index contributed by atoms with van der Waals surface area (Å²) in [6.45, 7) is 0.861. The van der Waals surface area contributed by atoms with E-state index in [-0.39, 0.29) is 11.9 Å². The van der Waals surface area contributed by atoms with E-state index in [9.17, 15) is 4.79 Å². The van der Waals surface area contributed by atoms with Crippen molar-refractivity contribution in [2.45, 2.75) is 25.4 Å². The summed E-state index contributed by atoms with van der Waals surface area (Å²) >= 11 is 0. The number of nitrogens with two attached hydrogens (primary N) is 1. The van der Waals surface area contributed by atoms with Crippen LogP contribution in [0.25, 0.3) is 0 Å². The first-order valence-electron chi connectivity index (χ1n) is 4.78. The number of rotatable bonds is 1. The standard InChI is InChI=1S/C9H14N4O/c1-11-9(14)7-5-8-6(10)3-2-4-13(8)12-7/h5-6H,2-4,10H2,1H3,(H,11,14). The summed E-state index contributed by atoms with van der Waals surface area (Å²) in [6, 6.07) is 1.80. The molecule has 1 aromatic heterocycles. The third-order valence-electron chi connectivity index (χ3n) is 2.54. The summed E-state index contributed by atoms with van der Waals surface area (Å²) in [7, 11) is 1.60. The first kappa shape index (κ1) is 9.21. The van der Waals surface area contributed by atoms with Gasteiger partial charge in [-0.15, -0.1) is 0 Å². The SMILES string of the molecule is CNC(=O)c1cc2n(n1)CCCC2N. The van der Waals surface area contributed by atoms with Gasteiger partial charge in [-0.05, 0) is 18.9 Å². The van der Waals surface area contributed by atoms with Gasteiger partial charge in [0.1, 0.15) is 5.69 Å². The van der Waals surface area contributed by atoms with Crippen molar-refractivity contribution in [3.8, 4) is 0 Å². The van der Waals surface area contributed by atoms with E-state index >= 15 is 0 Å². The molecule has 0 fully saturated rings. The van der Waals surface area contributed by atoms with Crippen LogP contribution < -0.4 is 11.1 Å². The van der Waals surface area contributed by atoms with E-state index in [0.29, 0.717) is 5.69 Å². The summed E-state index contributed by atoms with van der Waals surface area (Å²) in [5.41, 5.74) is 7.33. The molecule has 0 saturated heterocycles. The Morgan fingerprint density at radius 1 is 1.79 bits per heavy atom. The highest BCUT2D eigenvalue weighted by Gasteiger charge is 2.21. The second-order valence-electron chi connectivity index (χ2n) is 3.51. The van der Waals surface area contributed by atoms with Gasteiger partial charge in [-0.2, -0.15) is 5.10 Å². The molecule has 0 aliphatic carbocycles. The monoisotopic (exact) mass is 194 g/mol. The van der Waals surface area contributed by atoms with Crippen molar-refractivity contribution in [2.24, 2.45) is 5.73 Å². The van der Waals surface area contributed by atoms with E-state index in [1.54, 1.807) is 13.1 Å². The molecule has 2 rings (SSSR count). The van der Waals surface area contributed by atoms with Crippen LogP contribution in [-0.2, 0) is 6.54 Å². The van der Waals surface area contributed by atoms with Gasteiger partial charge in [0, 0.05) is 19.6 Å². The lowest BCUT2D eigenvalue weighted by Gasteiger charge is -2.19. The summed E-state index contributed by atoms with van der Waals surface area (Å²) in [5.74, 6) is -0.154. The number of aromatic nitrogens is 2. The number of amides is 1. The smallest absolute Gasteiger partial charge is 0.271 e. The zero-order valence-electron chi connectivity index (χ0n) is 8.16. The maximum atomic E-state index is 11.3. The lowest BCUT2D eigenvalue weighted by atomic mass is 10.1. The lowest BCUT2D eigenvalue weighted by molar-refractivity contribution is 0.0957. The number of carbonyl (C=O) groups excluding carboxylic acids is 1. The number of aryl methyl sites for hydroxylation is 1. The molecule has 0 aromatic carbocycles. The molecule has 0 saturated carbocycles. The molecule has 14 heavy (non-hydrogen) atoms. The zero-order chi connectivity index (χ0) is 10.1. The van der Waals surface area contributed by atoms with Gasteiger partial charge in [0.05, 0.1) is 5.69 Å². The van der Waals surface area contributed by atoms with Crippen LogP contribution in [0.15, 0.2) is 6.07 Å². The fourth-order valence-electron chi connectivity index (χ4n) is 1.76. The van der Waals surface area contributed by atoms with E-state index in [2.05, 4.69) is 10.4 Å². The Hall–Kier alpha value is -1.36. The minimum atomic E-state index is -0.154. The van der Waals surface area contributed by atoms with Gasteiger partial charge in [0.15, 0.2) is 0 Å². The van der Waals surface area contributed by atoms with Crippen LogP contribution in [0.2, 0.25) is 0 Å². The fraction of sp³-hybridized carbons (Fsp3) is 0.556. The molecule has 0 spiro atoms. The highest BCUT2D eigenvalue weighted by molar-refractivity contribution is 5.92. The molecule has 1 aliphatic heterocycles. The third-order valence-corrected chi connectivity index (χ3v) is 2.54. The molecule has 1 atom stereocenters. The van der Waals surface area contributed by atoms with Crippen molar-refractivity contribution >= 4 is 5.91 Å². The van der Waals surface area contributed by atoms with Gasteiger partial charge in [-0.3, -0.25) is 9.48 Å². The predicted octanol–water partition coefficient (Wildman–Crippen LogP) is 0.0363. The van der Waals surface area contributed by atoms with E-state index in [1.807, 2.05) is 4.68 Å². The highest BCUT2D eigenvalue weighted by Crippen LogP contribution is 2.22. The van der Waals surface area contributed by atoms with Gasteiger partial charge >= 0.3 is 0 Å². The van der Waals surface area contributed by atoms with E-state index in [0.717, 1.165) is 25.1 Å². The number of nitrogens with zero attached hydrogens (tertiary/aromatic N) is 2. The molecule has 1 aromatic rings. The van der Waals surface area contributed by atoms with Crippen LogP contribution in [-0.4, -0.2) is 22.7 Å². The van der Waals surface area contributed by atoms with Gasteiger partial charge in [-0.1, -0.05) is 0 Å². The molecular weight excluding hydrogens is 180 g/mol. The van der Waals surface area contributed by atoms with E-state index < -0.39 is 0 Å². The molecule has 76 valence electrons. The van der Waals surface area contributed by atoms with E-state index in [4.69, 9.17) is 5.73 Å². The molecule has 5 heteroatoms. The number of carbonyl (C=O) groups is 1. The van der Waals surface area contributed by atoms with Crippen LogP contribution in [0, 0.1) is 0 Å². The normalized spacial score (nSPS) is 20.3. The maximum absolute atomic E-state index is 11.3. The number of hydrogen-bond donors (Lipinski definition) is 2. The van der Waals surface area contributed by atoms with Crippen molar-refractivity contribution in [3.63, 3.8) is 0 Å². The predicted molar refractivity (Wildman–Crippen MR) is 51.8 cm³/mol. The molecule has 0 bridgehead atoms. The van der Waals surface area contributed by atoms with Crippen molar-refractivity contribution in [1.29, 1.82) is 0 Å². The first-order valence-corrected chi connectivity index (χ1v) is 4.78. The summed E-state index contributed by atoms with van der Waals surface area (Å²) in [5, 5.41) is 6.75. The Labute approximate surface area is 82.3 Å². The summed E-state index contributed by atoms with van der Waals surface area (Å²) in [6.07, 6.45) is 2.00. The zero-order valence-corrected chi connectivity index (χ0v) is 8.16. The minimum absolute atomic E-state index is 0.0228. The van der Waals surface area contributed by atoms with Crippen LogP contribution in [0.5, 0.6) is 0 Å². The first-order chi connectivity index (χ1) is 6.72. The van der Waals surface area contributed by atoms with Gasteiger partial charge < -0.3 is 11.1 Å². The van der Waals surface area contributed by atoms with Gasteiger partial charge in [0.2, 0.25) is 0 Å². The third kappa shape index (κ3) is 1.39. The van der Waals surface area contributed by atoms with Gasteiger partial charge in [-0.25, -0.2) is 0 Å². The summed E-state index contributed by atoms with van der Waals surface area (Å²) in [4.78, 5) is 11.3. The van der Waals surface area contributed by atoms with E-state index in [1.165, 1.54) is 0 Å². The Kier molecular flexibility index (Phi) is 2.25. The molecule has 1 aliphatic rings. The van der Waals surface area contributed by atoms with Crippen molar-refractivity contribution in [1.82, 2.24) is 15.1 Å². The van der Waals surface area contributed by atoms with Gasteiger partial charge in [0.25, 0.3) is 5.91 Å². The summed E-state index contributed by atoms with van der Waals surface area (Å²) < 4.78 is 1.83. The maximum Gasteiger partial charge on any atom is 0.271 e. The molecule has 1 unspecified atom stereocenters. The van der Waals surface area contributed by atoms with Crippen LogP contribution in [0.1, 0.15) is 35.1 Å². The van der Waals surface area contributed by atoms with Crippen LogP contribution >= 0.6 is 0 Å². The Balaban J connectivity index is 2.35. The van der Waals surface area contributed by atoms with Crippen molar-refractivity contribution in [3.05, 3.63) is 17.5 Å². The van der Waals surface area contributed by atoms with Crippen LogP contribution in [0.4, 0.5) is 0 Å². The quantitative estimate of drug-likeness (QED) is 0.662. The molecular formula is C9H14N4O. The number of hydrogen-bond acceptors (Lipinski definition) is 3. The number of fused-ring (bicyclic) bond motifs is 1. The second kappa shape index (κ2) is 3.42. The Morgan fingerprint density at radius 3 is 3.21 bits per heavy atom. The fourth-order valence-corrected chi connectivity index (χ4v) is 1.76. The number of nitrogens with one attached hydrogen (secondary N) is 1. The molecule has 5 nitrogen and oxygen atoms in total. The Morgan fingerprint density at radius 2 is 2.57 bits per heavy atom. The second-order valence-corrected chi connectivity index (χ2v) is 3.51. The molecule has 1 amide bonds. The Bertz CT molecular complexity index is 358. The van der Waals surface area contributed by atoms with Crippen LogP contribution in [0.3, 0.4) is 0 Å². The molecule has 3 N–H and O–H groups in total.